The van der Waals surface area contributed by atoms with E-state index in [-0.39, 0.29) is 6.04 Å². The Kier molecular flexibility index (Phi) is 3.06. The van der Waals surface area contributed by atoms with Gasteiger partial charge < -0.3 is 5.73 Å². The Morgan fingerprint density at radius 1 is 1.25 bits per heavy atom. The lowest BCUT2D eigenvalue weighted by Gasteiger charge is -2.09. The molecule has 1 unspecified atom stereocenters. The van der Waals surface area contributed by atoms with E-state index in [9.17, 15) is 0 Å². The minimum Gasteiger partial charge on any atom is -0.320 e. The van der Waals surface area contributed by atoms with Crippen LogP contribution in [0.2, 0.25) is 0 Å². The number of hydrogen-bond donors (Lipinski definition) is 1. The van der Waals surface area contributed by atoms with E-state index in [0.717, 1.165) is 17.7 Å². The van der Waals surface area contributed by atoms with Crippen molar-refractivity contribution in [1.82, 2.24) is 9.78 Å². The maximum absolute atomic E-state index is 6.18. The molecule has 84 valence electrons. The fourth-order valence-corrected chi connectivity index (χ4v) is 1.68. The Morgan fingerprint density at radius 3 is 2.50 bits per heavy atom. The lowest BCUT2D eigenvalue weighted by atomic mass is 10.0. The average Bonchev–Trinajstić information content (AvgIpc) is 2.77. The van der Waals surface area contributed by atoms with Crippen LogP contribution in [-0.4, -0.2) is 9.78 Å². The van der Waals surface area contributed by atoms with Crippen LogP contribution in [-0.2, 0) is 6.54 Å². The molecule has 0 fully saturated rings. The van der Waals surface area contributed by atoms with Crippen LogP contribution in [0.25, 0.3) is 0 Å². The molecule has 1 atom stereocenters. The van der Waals surface area contributed by atoms with Gasteiger partial charge in [-0.3, -0.25) is 4.68 Å². The number of hydrogen-bond acceptors (Lipinski definition) is 2. The Hall–Kier alpha value is -1.61. The second kappa shape index (κ2) is 4.49. The highest BCUT2D eigenvalue weighted by molar-refractivity contribution is 5.30. The summed E-state index contributed by atoms with van der Waals surface area (Å²) in [5.74, 6) is 0. The first kappa shape index (κ1) is 10.9. The molecule has 0 aliphatic rings. The summed E-state index contributed by atoms with van der Waals surface area (Å²) in [5, 5.41) is 4.24. The zero-order chi connectivity index (χ0) is 11.5. The first-order chi connectivity index (χ1) is 7.70. The summed E-state index contributed by atoms with van der Waals surface area (Å²) in [7, 11) is 0. The van der Waals surface area contributed by atoms with Gasteiger partial charge in [-0.15, -0.1) is 0 Å². The van der Waals surface area contributed by atoms with E-state index in [4.69, 9.17) is 5.73 Å². The van der Waals surface area contributed by atoms with E-state index in [1.165, 1.54) is 5.56 Å². The predicted octanol–water partition coefficient (Wildman–Crippen LogP) is 2.26. The minimum atomic E-state index is -0.0825. The highest BCUT2D eigenvalue weighted by Crippen LogP contribution is 2.19. The molecule has 3 heteroatoms. The van der Waals surface area contributed by atoms with Crippen LogP contribution < -0.4 is 5.73 Å². The summed E-state index contributed by atoms with van der Waals surface area (Å²) in [4.78, 5) is 0. The van der Waals surface area contributed by atoms with Crippen molar-refractivity contribution in [2.75, 3.05) is 0 Å². The molecule has 0 saturated carbocycles. The number of aromatic nitrogens is 2. The third-order valence-corrected chi connectivity index (χ3v) is 2.77. The van der Waals surface area contributed by atoms with Crippen LogP contribution in [0.1, 0.15) is 29.7 Å². The molecule has 1 aromatic heterocycles. The molecule has 2 rings (SSSR count). The molecule has 1 heterocycles. The van der Waals surface area contributed by atoms with Gasteiger partial charge in [0.05, 0.1) is 12.2 Å². The molecule has 1 aromatic carbocycles. The van der Waals surface area contributed by atoms with E-state index in [1.54, 1.807) is 0 Å². The lowest BCUT2D eigenvalue weighted by molar-refractivity contribution is 0.658. The first-order valence-electron chi connectivity index (χ1n) is 5.55. The number of benzene rings is 1. The van der Waals surface area contributed by atoms with E-state index in [0.29, 0.717) is 0 Å². The highest BCUT2D eigenvalue weighted by atomic mass is 15.3. The van der Waals surface area contributed by atoms with E-state index >= 15 is 0 Å². The van der Waals surface area contributed by atoms with Gasteiger partial charge in [-0.05, 0) is 19.4 Å². The maximum Gasteiger partial charge on any atom is 0.0582 e. The standard InChI is InChI=1S/C13H17N3/c1-3-16-9-12(8-15-16)13(14)11-6-4-10(2)5-7-11/h4-9,13H,3,14H2,1-2H3. The molecule has 0 amide bonds. The number of aryl methyl sites for hydroxylation is 2. The van der Waals surface area contributed by atoms with Crippen molar-refractivity contribution in [1.29, 1.82) is 0 Å². The summed E-state index contributed by atoms with van der Waals surface area (Å²) < 4.78 is 1.89. The summed E-state index contributed by atoms with van der Waals surface area (Å²) >= 11 is 0. The third kappa shape index (κ3) is 2.14. The van der Waals surface area contributed by atoms with Gasteiger partial charge in [0.25, 0.3) is 0 Å². The molecule has 0 radical (unpaired) electrons. The molecule has 0 aliphatic heterocycles. The monoisotopic (exact) mass is 215 g/mol. The quantitative estimate of drug-likeness (QED) is 0.853. The predicted molar refractivity (Wildman–Crippen MR) is 65.1 cm³/mol. The van der Waals surface area contributed by atoms with Crippen LogP contribution in [0.3, 0.4) is 0 Å². The van der Waals surface area contributed by atoms with Crippen molar-refractivity contribution >= 4 is 0 Å². The van der Waals surface area contributed by atoms with Crippen molar-refractivity contribution in [2.24, 2.45) is 5.73 Å². The van der Waals surface area contributed by atoms with E-state index in [1.807, 2.05) is 17.1 Å². The highest BCUT2D eigenvalue weighted by Gasteiger charge is 2.10. The largest absolute Gasteiger partial charge is 0.320 e. The van der Waals surface area contributed by atoms with Crippen molar-refractivity contribution in [3.63, 3.8) is 0 Å². The summed E-state index contributed by atoms with van der Waals surface area (Å²) in [6.07, 6.45) is 3.85. The van der Waals surface area contributed by atoms with Gasteiger partial charge in [-0.25, -0.2) is 0 Å². The minimum absolute atomic E-state index is 0.0825. The van der Waals surface area contributed by atoms with Gasteiger partial charge in [-0.1, -0.05) is 29.8 Å². The molecule has 16 heavy (non-hydrogen) atoms. The lowest BCUT2D eigenvalue weighted by Crippen LogP contribution is -2.11. The van der Waals surface area contributed by atoms with Crippen LogP contribution >= 0.6 is 0 Å². The maximum atomic E-state index is 6.18. The molecular formula is C13H17N3. The number of nitrogens with zero attached hydrogens (tertiary/aromatic N) is 2. The summed E-state index contributed by atoms with van der Waals surface area (Å²) in [6.45, 7) is 5.01. The Labute approximate surface area is 95.9 Å². The van der Waals surface area contributed by atoms with Gasteiger partial charge in [0, 0.05) is 18.3 Å². The van der Waals surface area contributed by atoms with Gasteiger partial charge >= 0.3 is 0 Å². The Bertz CT molecular complexity index is 456. The smallest absolute Gasteiger partial charge is 0.0582 e. The van der Waals surface area contributed by atoms with Gasteiger partial charge in [0.1, 0.15) is 0 Å². The molecular weight excluding hydrogens is 198 g/mol. The van der Waals surface area contributed by atoms with Gasteiger partial charge in [-0.2, -0.15) is 5.10 Å². The molecule has 0 bridgehead atoms. The third-order valence-electron chi connectivity index (χ3n) is 2.77. The van der Waals surface area contributed by atoms with Crippen molar-refractivity contribution in [3.8, 4) is 0 Å². The Balaban J connectivity index is 2.24. The fourth-order valence-electron chi connectivity index (χ4n) is 1.68. The van der Waals surface area contributed by atoms with Crippen LogP contribution in [0.5, 0.6) is 0 Å². The second-order valence-corrected chi connectivity index (χ2v) is 4.02. The first-order valence-corrected chi connectivity index (χ1v) is 5.55. The Morgan fingerprint density at radius 2 is 1.94 bits per heavy atom. The molecule has 0 saturated heterocycles. The van der Waals surface area contributed by atoms with Crippen LogP contribution in [0.4, 0.5) is 0 Å². The zero-order valence-electron chi connectivity index (χ0n) is 9.72. The number of nitrogens with two attached hydrogens (primary N) is 1. The van der Waals surface area contributed by atoms with Crippen molar-refractivity contribution < 1.29 is 0 Å². The molecule has 3 nitrogen and oxygen atoms in total. The van der Waals surface area contributed by atoms with E-state index < -0.39 is 0 Å². The zero-order valence-corrected chi connectivity index (χ0v) is 9.72. The van der Waals surface area contributed by atoms with Gasteiger partial charge in [0.15, 0.2) is 0 Å². The molecule has 0 spiro atoms. The SMILES string of the molecule is CCn1cc(C(N)c2ccc(C)cc2)cn1. The average molecular weight is 215 g/mol. The number of rotatable bonds is 3. The van der Waals surface area contributed by atoms with E-state index in [2.05, 4.69) is 43.2 Å². The fraction of sp³-hybridized carbons (Fsp3) is 0.308. The topological polar surface area (TPSA) is 43.8 Å². The summed E-state index contributed by atoms with van der Waals surface area (Å²) in [5.41, 5.74) is 9.62. The second-order valence-electron chi connectivity index (χ2n) is 4.02. The van der Waals surface area contributed by atoms with Crippen LogP contribution in [0.15, 0.2) is 36.7 Å². The molecule has 2 N–H and O–H groups in total. The van der Waals surface area contributed by atoms with Gasteiger partial charge in [0.2, 0.25) is 0 Å². The van der Waals surface area contributed by atoms with Crippen molar-refractivity contribution in [2.45, 2.75) is 26.4 Å². The summed E-state index contributed by atoms with van der Waals surface area (Å²) in [6, 6.07) is 8.23. The van der Waals surface area contributed by atoms with Crippen LogP contribution in [0, 0.1) is 6.92 Å². The van der Waals surface area contributed by atoms with Crippen molar-refractivity contribution in [3.05, 3.63) is 53.3 Å². The molecule has 0 aliphatic carbocycles. The normalized spacial score (nSPS) is 12.7. The molecule has 2 aromatic rings.